The molecule has 1 aromatic heterocycles. The molecule has 106 valence electrons. The van der Waals surface area contributed by atoms with Gasteiger partial charge in [-0.2, -0.15) is 0 Å². The number of aryl methyl sites for hydroxylation is 1. The van der Waals surface area contributed by atoms with E-state index in [0.717, 1.165) is 18.8 Å². The summed E-state index contributed by atoms with van der Waals surface area (Å²) in [5.41, 5.74) is 1.14. The zero-order chi connectivity index (χ0) is 13.7. The first-order valence-electron chi connectivity index (χ1n) is 7.42. The topological polar surface area (TPSA) is 37.3 Å². The molecule has 1 aromatic rings. The van der Waals surface area contributed by atoms with Gasteiger partial charge in [0.05, 0.1) is 5.69 Å². The minimum absolute atomic E-state index is 0.0751. The van der Waals surface area contributed by atoms with E-state index in [1.807, 2.05) is 19.2 Å². The lowest BCUT2D eigenvalue weighted by molar-refractivity contribution is 0.300. The molecule has 1 saturated heterocycles. The van der Waals surface area contributed by atoms with E-state index in [2.05, 4.69) is 17.1 Å². The van der Waals surface area contributed by atoms with Gasteiger partial charge in [-0.3, -0.25) is 4.79 Å². The molecular formula is C15H25N3O. The van der Waals surface area contributed by atoms with Crippen LogP contribution in [0.4, 0.5) is 5.69 Å². The molecule has 2 heterocycles. The van der Waals surface area contributed by atoms with Crippen molar-refractivity contribution in [3.8, 4) is 0 Å². The predicted molar refractivity (Wildman–Crippen MR) is 79.8 cm³/mol. The fourth-order valence-corrected chi connectivity index (χ4v) is 2.72. The van der Waals surface area contributed by atoms with E-state index < -0.39 is 0 Å². The Hall–Kier alpha value is -1.29. The molecule has 4 heteroatoms. The van der Waals surface area contributed by atoms with Crippen molar-refractivity contribution in [1.29, 1.82) is 0 Å². The van der Waals surface area contributed by atoms with Gasteiger partial charge in [-0.25, -0.2) is 0 Å². The van der Waals surface area contributed by atoms with Crippen LogP contribution < -0.4 is 10.9 Å². The molecule has 4 nitrogen and oxygen atoms in total. The lowest BCUT2D eigenvalue weighted by atomic mass is 10.1. The van der Waals surface area contributed by atoms with Gasteiger partial charge in [0.25, 0.3) is 5.56 Å². The van der Waals surface area contributed by atoms with Crippen molar-refractivity contribution in [2.45, 2.75) is 45.7 Å². The maximum atomic E-state index is 11.6. The molecule has 0 bridgehead atoms. The number of nitrogens with zero attached hydrogens (tertiary/aromatic N) is 2. The second-order valence-electron chi connectivity index (χ2n) is 5.25. The highest BCUT2D eigenvalue weighted by Gasteiger charge is 2.15. The van der Waals surface area contributed by atoms with Gasteiger partial charge in [-0.1, -0.05) is 6.92 Å². The van der Waals surface area contributed by atoms with Crippen LogP contribution in [0.25, 0.3) is 0 Å². The van der Waals surface area contributed by atoms with Crippen LogP contribution in [-0.4, -0.2) is 35.1 Å². The Kier molecular flexibility index (Phi) is 5.02. The molecule has 19 heavy (non-hydrogen) atoms. The summed E-state index contributed by atoms with van der Waals surface area (Å²) in [7, 11) is 0. The van der Waals surface area contributed by atoms with Crippen LogP contribution in [0, 0.1) is 0 Å². The van der Waals surface area contributed by atoms with E-state index >= 15 is 0 Å². The zero-order valence-corrected chi connectivity index (χ0v) is 12.1. The number of anilines is 1. The Morgan fingerprint density at radius 2 is 2.05 bits per heavy atom. The fourth-order valence-electron chi connectivity index (χ4n) is 2.72. The Labute approximate surface area is 115 Å². The average molecular weight is 263 g/mol. The van der Waals surface area contributed by atoms with Gasteiger partial charge < -0.3 is 14.8 Å². The van der Waals surface area contributed by atoms with Gasteiger partial charge in [0.2, 0.25) is 0 Å². The first-order chi connectivity index (χ1) is 9.22. The van der Waals surface area contributed by atoms with Crippen LogP contribution in [-0.2, 0) is 6.54 Å². The molecule has 0 aromatic carbocycles. The number of pyridine rings is 1. The number of hydrogen-bond donors (Lipinski definition) is 1. The molecule has 1 N–H and O–H groups in total. The van der Waals surface area contributed by atoms with Crippen molar-refractivity contribution in [2.24, 2.45) is 0 Å². The lowest BCUT2D eigenvalue weighted by Crippen LogP contribution is -2.26. The molecule has 0 spiro atoms. The van der Waals surface area contributed by atoms with E-state index in [0.29, 0.717) is 6.04 Å². The second kappa shape index (κ2) is 6.75. The average Bonchev–Trinajstić information content (AvgIpc) is 2.66. The van der Waals surface area contributed by atoms with Crippen molar-refractivity contribution in [2.75, 3.05) is 25.0 Å². The van der Waals surface area contributed by atoms with Gasteiger partial charge >= 0.3 is 0 Å². The molecule has 1 aliphatic rings. The summed E-state index contributed by atoms with van der Waals surface area (Å²) < 4.78 is 1.75. The normalized spacial score (nSPS) is 21.1. The van der Waals surface area contributed by atoms with Crippen LogP contribution >= 0.6 is 0 Å². The Balaban J connectivity index is 1.99. The first-order valence-corrected chi connectivity index (χ1v) is 7.42. The van der Waals surface area contributed by atoms with Crippen molar-refractivity contribution < 1.29 is 0 Å². The van der Waals surface area contributed by atoms with Gasteiger partial charge in [-0.15, -0.1) is 0 Å². The molecule has 0 aliphatic carbocycles. The maximum absolute atomic E-state index is 11.6. The lowest BCUT2D eigenvalue weighted by Gasteiger charge is -2.19. The predicted octanol–water partition coefficient (Wildman–Crippen LogP) is 2.15. The number of rotatable bonds is 4. The second-order valence-corrected chi connectivity index (χ2v) is 5.25. The summed E-state index contributed by atoms with van der Waals surface area (Å²) in [4.78, 5) is 14.1. The molecule has 1 aliphatic heterocycles. The highest BCUT2D eigenvalue weighted by Crippen LogP contribution is 2.16. The smallest absolute Gasteiger partial charge is 0.250 e. The number of nitrogens with one attached hydrogen (secondary N) is 1. The zero-order valence-electron chi connectivity index (χ0n) is 12.1. The third-order valence-electron chi connectivity index (χ3n) is 3.96. The van der Waals surface area contributed by atoms with Crippen molar-refractivity contribution in [1.82, 2.24) is 9.47 Å². The number of hydrogen-bond acceptors (Lipinski definition) is 3. The Bertz CT molecular complexity index is 455. The maximum Gasteiger partial charge on any atom is 0.250 e. The quantitative estimate of drug-likeness (QED) is 0.904. The van der Waals surface area contributed by atoms with Gasteiger partial charge in [0.15, 0.2) is 0 Å². The third-order valence-corrected chi connectivity index (χ3v) is 3.96. The van der Waals surface area contributed by atoms with E-state index in [4.69, 9.17) is 0 Å². The highest BCUT2D eigenvalue weighted by molar-refractivity contribution is 5.41. The molecule has 0 radical (unpaired) electrons. The molecule has 0 saturated carbocycles. The molecule has 0 amide bonds. The van der Waals surface area contributed by atoms with Crippen LogP contribution in [0.3, 0.4) is 0 Å². The van der Waals surface area contributed by atoms with Crippen molar-refractivity contribution >= 4 is 5.69 Å². The Morgan fingerprint density at radius 1 is 1.21 bits per heavy atom. The molecular weight excluding hydrogens is 238 g/mol. The minimum atomic E-state index is 0.0751. The minimum Gasteiger partial charge on any atom is -0.381 e. The van der Waals surface area contributed by atoms with E-state index in [1.54, 1.807) is 10.6 Å². The monoisotopic (exact) mass is 263 g/mol. The molecule has 2 rings (SSSR count). The van der Waals surface area contributed by atoms with Gasteiger partial charge in [0, 0.05) is 31.4 Å². The number of likely N-dealkylation sites (tertiary alicyclic amines) is 1. The molecule has 1 atom stereocenters. The first kappa shape index (κ1) is 14.1. The van der Waals surface area contributed by atoms with E-state index in [1.165, 1.54) is 32.4 Å². The summed E-state index contributed by atoms with van der Waals surface area (Å²) in [6.45, 7) is 8.47. The highest BCUT2D eigenvalue weighted by atomic mass is 16.1. The van der Waals surface area contributed by atoms with Crippen molar-refractivity contribution in [3.63, 3.8) is 0 Å². The Morgan fingerprint density at radius 3 is 2.79 bits per heavy atom. The van der Waals surface area contributed by atoms with E-state index in [-0.39, 0.29) is 5.56 Å². The van der Waals surface area contributed by atoms with Crippen LogP contribution in [0.2, 0.25) is 0 Å². The molecule has 1 unspecified atom stereocenters. The fraction of sp³-hybridized carbons (Fsp3) is 0.667. The third kappa shape index (κ3) is 3.83. The number of aromatic nitrogens is 1. The SMILES string of the molecule is CCN1CCCC(Nc2ccc(=O)n(CC)c2)CC1. The van der Waals surface area contributed by atoms with Crippen molar-refractivity contribution in [3.05, 3.63) is 28.7 Å². The van der Waals surface area contributed by atoms with Gasteiger partial charge in [-0.05, 0) is 45.3 Å². The summed E-state index contributed by atoms with van der Waals surface area (Å²) in [5.74, 6) is 0. The van der Waals surface area contributed by atoms with Crippen LogP contribution in [0.15, 0.2) is 23.1 Å². The van der Waals surface area contributed by atoms with Gasteiger partial charge in [0.1, 0.15) is 0 Å². The van der Waals surface area contributed by atoms with E-state index in [9.17, 15) is 4.79 Å². The standard InChI is InChI=1S/C15H25N3O/c1-3-17-10-5-6-13(9-11-17)16-14-7-8-15(19)18(4-2)12-14/h7-8,12-13,16H,3-6,9-11H2,1-2H3. The van der Waals surface area contributed by atoms with Crippen LogP contribution in [0.1, 0.15) is 33.1 Å². The summed E-state index contributed by atoms with van der Waals surface area (Å²) in [6, 6.07) is 4.08. The summed E-state index contributed by atoms with van der Waals surface area (Å²) >= 11 is 0. The van der Waals surface area contributed by atoms with Crippen LogP contribution in [0.5, 0.6) is 0 Å². The summed E-state index contributed by atoms with van der Waals surface area (Å²) in [6.07, 6.45) is 5.57. The summed E-state index contributed by atoms with van der Waals surface area (Å²) in [5, 5.41) is 3.58. The molecule has 1 fully saturated rings. The largest absolute Gasteiger partial charge is 0.381 e.